The van der Waals surface area contributed by atoms with Crippen LogP contribution in [0, 0.1) is 11.8 Å². The Morgan fingerprint density at radius 1 is 0.667 bits per heavy atom. The Hall–Kier alpha value is -1.14. The van der Waals surface area contributed by atoms with Gasteiger partial charge in [0.25, 0.3) is 5.71 Å². The van der Waals surface area contributed by atoms with Crippen molar-refractivity contribution in [2.45, 2.75) is 96.3 Å². The van der Waals surface area contributed by atoms with Crippen LogP contribution in [-0.4, -0.2) is 10.5 Å². The van der Waals surface area contributed by atoms with Gasteiger partial charge in [0.1, 0.15) is 0 Å². The molecule has 0 bridgehead atoms. The zero-order valence-corrected chi connectivity index (χ0v) is 15.5. The average Bonchev–Trinajstić information content (AvgIpc) is 2.70. The van der Waals surface area contributed by atoms with Gasteiger partial charge >= 0.3 is 0 Å². The topological polar surface area (TPSA) is 36.4 Å². The molecule has 0 aliphatic heterocycles. The molecule has 0 saturated carbocycles. The van der Waals surface area contributed by atoms with Crippen molar-refractivity contribution in [3.05, 3.63) is 29.8 Å². The molecule has 2 rings (SSSR count). The highest BCUT2D eigenvalue weighted by atomic mass is 14.9. The van der Waals surface area contributed by atoms with Crippen LogP contribution in [0.5, 0.6) is 0 Å². The molecule has 0 aromatic carbocycles. The van der Waals surface area contributed by atoms with Crippen LogP contribution in [-0.2, 0) is 0 Å². The number of hydrogen-bond acceptors (Lipinski definition) is 0. The van der Waals surface area contributed by atoms with Crippen molar-refractivity contribution in [1.29, 1.82) is 0 Å². The molecule has 0 fully saturated rings. The molecule has 2 unspecified atom stereocenters. The Morgan fingerprint density at radius 3 is 1.96 bits per heavy atom. The van der Waals surface area contributed by atoms with Crippen LogP contribution in [0.1, 0.15) is 96.3 Å². The molecule has 24 heavy (non-hydrogen) atoms. The Labute approximate surface area is 149 Å². The molecule has 134 valence electrons. The minimum absolute atomic E-state index is 0.506. The molecule has 0 aromatic rings. The third-order valence-corrected chi connectivity index (χ3v) is 5.80. The monoisotopic (exact) mass is 328 g/mol. The summed E-state index contributed by atoms with van der Waals surface area (Å²) in [7, 11) is 0. The van der Waals surface area contributed by atoms with Gasteiger partial charge in [0, 0.05) is 6.42 Å². The third-order valence-electron chi connectivity index (χ3n) is 5.80. The molecule has 2 aliphatic rings. The summed E-state index contributed by atoms with van der Waals surface area (Å²) in [5.74, 6) is 1.22. The number of nitrogens with zero attached hydrogens (tertiary/aromatic N) is 2. The van der Waals surface area contributed by atoms with E-state index < -0.39 is 0 Å². The van der Waals surface area contributed by atoms with Gasteiger partial charge in [-0.3, -0.25) is 0 Å². The second-order valence-electron chi connectivity index (χ2n) is 7.65. The lowest BCUT2D eigenvalue weighted by Gasteiger charge is -2.24. The zero-order valence-electron chi connectivity index (χ0n) is 15.5. The van der Waals surface area contributed by atoms with Gasteiger partial charge in [0.2, 0.25) is 0 Å². The second-order valence-corrected chi connectivity index (χ2v) is 7.65. The highest BCUT2D eigenvalue weighted by molar-refractivity contribution is 5.82. The summed E-state index contributed by atoms with van der Waals surface area (Å²) in [6, 6.07) is 0. The molecule has 2 heteroatoms. The lowest BCUT2D eigenvalue weighted by molar-refractivity contribution is -0.0200. The molecular weight excluding hydrogens is 292 g/mol. The summed E-state index contributed by atoms with van der Waals surface area (Å²) < 4.78 is 0. The van der Waals surface area contributed by atoms with E-state index in [9.17, 15) is 5.53 Å². The lowest BCUT2D eigenvalue weighted by atomic mass is 9.77. The van der Waals surface area contributed by atoms with Crippen molar-refractivity contribution < 1.29 is 4.79 Å². The maximum absolute atomic E-state index is 9.67. The van der Waals surface area contributed by atoms with Crippen LogP contribution in [0.3, 0.4) is 0 Å². The summed E-state index contributed by atoms with van der Waals surface area (Å²) in [4.78, 5) is 3.79. The van der Waals surface area contributed by atoms with Crippen molar-refractivity contribution in [2.24, 2.45) is 11.8 Å². The maximum Gasteiger partial charge on any atom is 0.272 e. The van der Waals surface area contributed by atoms with Crippen molar-refractivity contribution >= 4 is 5.71 Å². The van der Waals surface area contributed by atoms with E-state index in [0.29, 0.717) is 11.8 Å². The predicted molar refractivity (Wildman–Crippen MR) is 103 cm³/mol. The van der Waals surface area contributed by atoms with E-state index in [1.807, 2.05) is 0 Å². The van der Waals surface area contributed by atoms with Crippen LogP contribution < -0.4 is 0 Å². The van der Waals surface area contributed by atoms with E-state index in [-0.39, 0.29) is 0 Å². The minimum atomic E-state index is 0.506. The predicted octanol–water partition coefficient (Wildman–Crippen LogP) is 6.88. The number of rotatable bonds is 1. The highest BCUT2D eigenvalue weighted by Crippen LogP contribution is 2.32. The number of hydrogen-bond donors (Lipinski definition) is 0. The first kappa shape index (κ1) is 19.2. The molecule has 0 aromatic heterocycles. The van der Waals surface area contributed by atoms with Gasteiger partial charge in [-0.1, -0.05) is 50.0 Å². The Kier molecular flexibility index (Phi) is 9.80. The quantitative estimate of drug-likeness (QED) is 0.286. The smallest absolute Gasteiger partial charge is 0.272 e. The summed E-state index contributed by atoms with van der Waals surface area (Å²) in [6.45, 7) is 0. The fourth-order valence-corrected chi connectivity index (χ4v) is 4.38. The average molecular weight is 329 g/mol. The second kappa shape index (κ2) is 12.3. The van der Waals surface area contributed by atoms with E-state index >= 15 is 0 Å². The Balaban J connectivity index is 2.06. The van der Waals surface area contributed by atoms with Crippen molar-refractivity contribution in [2.75, 3.05) is 0 Å². The van der Waals surface area contributed by atoms with Gasteiger partial charge < -0.3 is 5.53 Å². The van der Waals surface area contributed by atoms with Crippen LogP contribution in [0.15, 0.2) is 24.3 Å². The largest absolute Gasteiger partial charge is 0.362 e. The first-order valence-corrected chi connectivity index (χ1v) is 10.4. The van der Waals surface area contributed by atoms with E-state index in [1.54, 1.807) is 0 Å². The molecule has 0 N–H and O–H groups in total. The van der Waals surface area contributed by atoms with E-state index in [2.05, 4.69) is 29.1 Å². The normalized spacial score (nSPS) is 31.1. The standard InChI is InChI=1S/C22H36N2/c23-24-22-19-15-11-7-3-6-10-14-18-21(22)20-16-12-8-4-1-2-5-9-13-17-20/h1,4,7,11,20-21H,2-3,5-6,8-10,12-19H2/b4-1-,11-7-. The zero-order chi connectivity index (χ0) is 16.9. The van der Waals surface area contributed by atoms with Crippen molar-refractivity contribution in [1.82, 2.24) is 0 Å². The van der Waals surface area contributed by atoms with Gasteiger partial charge in [0.15, 0.2) is 0 Å². The maximum atomic E-state index is 9.67. The van der Waals surface area contributed by atoms with Crippen LogP contribution in [0.2, 0.25) is 0 Å². The lowest BCUT2D eigenvalue weighted by Crippen LogP contribution is -2.25. The molecule has 2 nitrogen and oxygen atoms in total. The minimum Gasteiger partial charge on any atom is -0.362 e. The SMILES string of the molecule is [N-]=[N+]=C1CC/C=C\CCCCCC1C1CCC/C=C\CCCCC1. The summed E-state index contributed by atoms with van der Waals surface area (Å²) in [6.07, 6.45) is 28.1. The van der Waals surface area contributed by atoms with E-state index in [1.165, 1.54) is 83.5 Å². The van der Waals surface area contributed by atoms with E-state index in [0.717, 1.165) is 18.6 Å². The van der Waals surface area contributed by atoms with Crippen LogP contribution in [0.25, 0.3) is 5.53 Å². The summed E-state index contributed by atoms with van der Waals surface area (Å²) >= 11 is 0. The van der Waals surface area contributed by atoms with Crippen molar-refractivity contribution in [3.8, 4) is 0 Å². The Bertz CT molecular complexity index is 443. The number of allylic oxidation sites excluding steroid dienone is 4. The highest BCUT2D eigenvalue weighted by Gasteiger charge is 2.30. The molecule has 0 spiro atoms. The fraction of sp³-hybridized carbons (Fsp3) is 0.773. The third kappa shape index (κ3) is 7.18. The molecule has 0 radical (unpaired) electrons. The van der Waals surface area contributed by atoms with Gasteiger partial charge in [-0.05, 0) is 70.1 Å². The van der Waals surface area contributed by atoms with Gasteiger partial charge in [-0.2, -0.15) is 4.79 Å². The molecule has 0 saturated heterocycles. The first-order valence-electron chi connectivity index (χ1n) is 10.4. The van der Waals surface area contributed by atoms with Gasteiger partial charge in [0.05, 0.1) is 5.92 Å². The Morgan fingerprint density at radius 2 is 1.25 bits per heavy atom. The fourth-order valence-electron chi connectivity index (χ4n) is 4.38. The first-order chi connectivity index (χ1) is 11.9. The van der Waals surface area contributed by atoms with Gasteiger partial charge in [-0.25, -0.2) is 0 Å². The van der Waals surface area contributed by atoms with Crippen molar-refractivity contribution in [3.63, 3.8) is 0 Å². The molecule has 0 heterocycles. The van der Waals surface area contributed by atoms with Crippen LogP contribution >= 0.6 is 0 Å². The molecule has 2 atom stereocenters. The molecule has 2 aliphatic carbocycles. The molecule has 0 amide bonds. The van der Waals surface area contributed by atoms with Gasteiger partial charge in [-0.15, -0.1) is 0 Å². The van der Waals surface area contributed by atoms with E-state index in [4.69, 9.17) is 0 Å². The van der Waals surface area contributed by atoms with Crippen LogP contribution in [0.4, 0.5) is 0 Å². The summed E-state index contributed by atoms with van der Waals surface area (Å²) in [5, 5.41) is 0. The molecular formula is C22H36N2. The summed E-state index contributed by atoms with van der Waals surface area (Å²) in [5.41, 5.74) is 10.7.